The molecule has 2 aromatic carbocycles. The van der Waals surface area contributed by atoms with Crippen molar-refractivity contribution in [1.29, 1.82) is 0 Å². The summed E-state index contributed by atoms with van der Waals surface area (Å²) in [6, 6.07) is 19.7. The summed E-state index contributed by atoms with van der Waals surface area (Å²) in [6.45, 7) is 2.60. The minimum atomic E-state index is -0.809. The molecule has 180 valence electrons. The molecule has 34 heavy (non-hydrogen) atoms. The number of rotatable bonds is 10. The minimum absolute atomic E-state index is 0.0444. The monoisotopic (exact) mass is 467 g/mol. The lowest BCUT2D eigenvalue weighted by molar-refractivity contribution is -0.150. The molecule has 5 atom stereocenters. The molecule has 2 aliphatic heterocycles. The second-order valence-electron chi connectivity index (χ2n) is 8.55. The lowest BCUT2D eigenvalue weighted by Crippen LogP contribution is -2.46. The standard InChI is InChI=1S/C25H29N3O6/c1-18(29)30-16-22-23(31-14-19-8-4-2-5-9-19)24(32-15-20-10-6-3-7-11-20)25(34-22)12-21(33-17-25)13-27-28-26/h2-11,21-24H,12-17H2,1H3/t21-,22+,23+,24-,25-/m0/s1. The van der Waals surface area contributed by atoms with E-state index >= 15 is 0 Å². The van der Waals surface area contributed by atoms with Crippen LogP contribution in [0.5, 0.6) is 0 Å². The van der Waals surface area contributed by atoms with Gasteiger partial charge in [-0.1, -0.05) is 65.8 Å². The molecular formula is C25H29N3O6. The molecule has 0 bridgehead atoms. The Balaban J connectivity index is 1.57. The van der Waals surface area contributed by atoms with Crippen LogP contribution in [0.2, 0.25) is 0 Å². The summed E-state index contributed by atoms with van der Waals surface area (Å²) in [5.74, 6) is -0.392. The van der Waals surface area contributed by atoms with E-state index in [4.69, 9.17) is 29.2 Å². The van der Waals surface area contributed by atoms with Crippen molar-refractivity contribution >= 4 is 5.97 Å². The molecule has 0 aliphatic carbocycles. The van der Waals surface area contributed by atoms with Crippen LogP contribution in [0.1, 0.15) is 24.5 Å². The zero-order valence-electron chi connectivity index (χ0n) is 19.1. The van der Waals surface area contributed by atoms with E-state index in [1.54, 1.807) is 0 Å². The van der Waals surface area contributed by atoms with Crippen molar-refractivity contribution in [3.8, 4) is 0 Å². The molecule has 0 N–H and O–H groups in total. The fourth-order valence-electron chi connectivity index (χ4n) is 4.51. The molecule has 1 spiro atoms. The van der Waals surface area contributed by atoms with Gasteiger partial charge in [-0.25, -0.2) is 0 Å². The molecule has 2 aliphatic rings. The molecule has 0 aromatic heterocycles. The van der Waals surface area contributed by atoms with Gasteiger partial charge in [-0.05, 0) is 16.7 Å². The highest BCUT2D eigenvalue weighted by molar-refractivity contribution is 5.65. The van der Waals surface area contributed by atoms with Crippen molar-refractivity contribution in [2.75, 3.05) is 19.8 Å². The zero-order chi connectivity index (χ0) is 23.8. The predicted octanol–water partition coefficient (Wildman–Crippen LogP) is 3.96. The van der Waals surface area contributed by atoms with E-state index in [1.165, 1.54) is 6.92 Å². The zero-order valence-corrected chi connectivity index (χ0v) is 19.1. The highest BCUT2D eigenvalue weighted by Gasteiger charge is 2.60. The number of carbonyl (C=O) groups is 1. The lowest BCUT2D eigenvalue weighted by Gasteiger charge is -2.30. The third-order valence-electron chi connectivity index (χ3n) is 6.06. The maximum atomic E-state index is 11.5. The Morgan fingerprint density at radius 1 is 1.09 bits per heavy atom. The van der Waals surface area contributed by atoms with Crippen LogP contribution in [0, 0.1) is 0 Å². The Kier molecular flexibility index (Phi) is 8.16. The average Bonchev–Trinajstić information content (AvgIpc) is 3.40. The first kappa shape index (κ1) is 24.2. The molecule has 0 amide bonds. The minimum Gasteiger partial charge on any atom is -0.463 e. The van der Waals surface area contributed by atoms with Gasteiger partial charge >= 0.3 is 5.97 Å². The SMILES string of the molecule is CC(=O)OC[C@H]1O[C@@]2(CO[C@H](CN=[N+]=[N-])C2)[C@@H](OCc2ccccc2)[C@@H]1OCc1ccccc1. The molecule has 2 fully saturated rings. The number of benzene rings is 2. The summed E-state index contributed by atoms with van der Waals surface area (Å²) < 4.78 is 30.5. The first-order valence-electron chi connectivity index (χ1n) is 11.3. The van der Waals surface area contributed by atoms with Crippen LogP contribution < -0.4 is 0 Å². The van der Waals surface area contributed by atoms with Crippen molar-refractivity contribution in [1.82, 2.24) is 0 Å². The van der Waals surface area contributed by atoms with Crippen LogP contribution in [0.3, 0.4) is 0 Å². The van der Waals surface area contributed by atoms with Crippen molar-refractivity contribution in [3.63, 3.8) is 0 Å². The molecule has 0 unspecified atom stereocenters. The van der Waals surface area contributed by atoms with Gasteiger partial charge in [-0.2, -0.15) is 0 Å². The summed E-state index contributed by atoms with van der Waals surface area (Å²) in [5, 5.41) is 3.66. The van der Waals surface area contributed by atoms with E-state index < -0.39 is 29.9 Å². The highest BCUT2D eigenvalue weighted by atomic mass is 16.6. The van der Waals surface area contributed by atoms with Gasteiger partial charge in [0.05, 0.1) is 32.5 Å². The van der Waals surface area contributed by atoms with E-state index in [9.17, 15) is 4.79 Å². The Bertz CT molecular complexity index is 985. The normalized spacial score (nSPS) is 28.0. The topological polar surface area (TPSA) is 112 Å². The number of nitrogens with zero attached hydrogens (tertiary/aromatic N) is 3. The van der Waals surface area contributed by atoms with E-state index in [2.05, 4.69) is 10.0 Å². The molecule has 2 heterocycles. The van der Waals surface area contributed by atoms with Crippen LogP contribution in [-0.4, -0.2) is 55.7 Å². The van der Waals surface area contributed by atoms with Gasteiger partial charge < -0.3 is 23.7 Å². The second-order valence-corrected chi connectivity index (χ2v) is 8.55. The van der Waals surface area contributed by atoms with E-state index in [1.807, 2.05) is 60.7 Å². The van der Waals surface area contributed by atoms with Gasteiger partial charge in [-0.15, -0.1) is 0 Å². The second kappa shape index (κ2) is 11.5. The number of esters is 1. The molecule has 2 aromatic rings. The molecule has 4 rings (SSSR count). The van der Waals surface area contributed by atoms with Crippen LogP contribution in [0.15, 0.2) is 65.8 Å². The smallest absolute Gasteiger partial charge is 0.302 e. The van der Waals surface area contributed by atoms with E-state index in [0.717, 1.165) is 11.1 Å². The quantitative estimate of drug-likeness (QED) is 0.226. The first-order valence-corrected chi connectivity index (χ1v) is 11.3. The van der Waals surface area contributed by atoms with Gasteiger partial charge in [0.15, 0.2) is 0 Å². The average molecular weight is 468 g/mol. The molecule has 9 heteroatoms. The number of ether oxygens (including phenoxy) is 5. The Morgan fingerprint density at radius 3 is 2.35 bits per heavy atom. The first-order chi connectivity index (χ1) is 16.6. The van der Waals surface area contributed by atoms with Crippen LogP contribution in [-0.2, 0) is 41.7 Å². The van der Waals surface area contributed by atoms with Gasteiger partial charge in [-0.3, -0.25) is 4.79 Å². The molecular weight excluding hydrogens is 438 g/mol. The summed E-state index contributed by atoms with van der Waals surface area (Å²) in [6.07, 6.45) is -1.32. The Labute approximate surface area is 198 Å². The summed E-state index contributed by atoms with van der Waals surface area (Å²) in [4.78, 5) is 14.4. The third kappa shape index (κ3) is 5.94. The third-order valence-corrected chi connectivity index (χ3v) is 6.06. The number of hydrogen-bond acceptors (Lipinski definition) is 7. The Hall–Kier alpha value is -2.94. The van der Waals surface area contributed by atoms with Gasteiger partial charge in [0.1, 0.15) is 30.5 Å². The van der Waals surface area contributed by atoms with Crippen LogP contribution in [0.4, 0.5) is 0 Å². The summed E-state index contributed by atoms with van der Waals surface area (Å²) in [5.41, 5.74) is 9.93. The van der Waals surface area contributed by atoms with Gasteiger partial charge in [0, 0.05) is 18.3 Å². The van der Waals surface area contributed by atoms with Crippen molar-refractivity contribution in [3.05, 3.63) is 82.2 Å². The van der Waals surface area contributed by atoms with Crippen molar-refractivity contribution in [2.24, 2.45) is 5.11 Å². The fourth-order valence-corrected chi connectivity index (χ4v) is 4.51. The summed E-state index contributed by atoms with van der Waals surface area (Å²) >= 11 is 0. The maximum Gasteiger partial charge on any atom is 0.302 e. The van der Waals surface area contributed by atoms with Gasteiger partial charge in [0.25, 0.3) is 0 Å². The maximum absolute atomic E-state index is 11.5. The predicted molar refractivity (Wildman–Crippen MR) is 123 cm³/mol. The van der Waals surface area contributed by atoms with Gasteiger partial charge in [0.2, 0.25) is 0 Å². The Morgan fingerprint density at radius 2 is 1.74 bits per heavy atom. The number of azide groups is 1. The van der Waals surface area contributed by atoms with Crippen molar-refractivity contribution < 1.29 is 28.5 Å². The summed E-state index contributed by atoms with van der Waals surface area (Å²) in [7, 11) is 0. The largest absolute Gasteiger partial charge is 0.463 e. The van der Waals surface area contributed by atoms with Crippen LogP contribution in [0.25, 0.3) is 10.4 Å². The highest BCUT2D eigenvalue weighted by Crippen LogP contribution is 2.43. The molecule has 9 nitrogen and oxygen atoms in total. The molecule has 0 saturated carbocycles. The van der Waals surface area contributed by atoms with E-state index in [0.29, 0.717) is 19.6 Å². The molecule has 0 radical (unpaired) electrons. The molecule has 2 saturated heterocycles. The fraction of sp³-hybridized carbons (Fsp3) is 0.480. The number of hydrogen-bond donors (Lipinski definition) is 0. The van der Waals surface area contributed by atoms with Crippen molar-refractivity contribution in [2.45, 2.75) is 56.6 Å². The lowest BCUT2D eigenvalue weighted by atomic mass is 9.91. The van der Waals surface area contributed by atoms with Crippen LogP contribution >= 0.6 is 0 Å². The van der Waals surface area contributed by atoms with E-state index in [-0.39, 0.29) is 25.9 Å². The number of carbonyl (C=O) groups excluding carboxylic acids is 1.